The minimum Gasteiger partial charge on any atom is -0.871 e. The van der Waals surface area contributed by atoms with Crippen molar-refractivity contribution in [1.29, 1.82) is 0 Å². The molecular weight excluding hydrogens is 177 g/mol. The zero-order valence-corrected chi connectivity index (χ0v) is 6.54. The summed E-state index contributed by atoms with van der Waals surface area (Å²) >= 11 is 0. The first-order valence-electron chi connectivity index (χ1n) is 1.75. The van der Waals surface area contributed by atoms with E-state index in [4.69, 9.17) is 30.6 Å². The van der Waals surface area contributed by atoms with E-state index in [1.165, 1.54) is 0 Å². The molecule has 0 saturated heterocycles. The Kier molecular flexibility index (Phi) is 51.2. The summed E-state index contributed by atoms with van der Waals surface area (Å²) in [6.45, 7) is 0. The van der Waals surface area contributed by atoms with Crippen LogP contribution in [0, 0.1) is 0 Å². The normalized spacial score (nSPS) is 6.00. The Morgan fingerprint density at radius 1 is 0.615 bits per heavy atom. The molecule has 0 amide bonds. The molecule has 0 fully saturated rings. The maximum Gasteiger partial charge on any atom is 2.00 e. The molecule has 0 atom stereocenters. The van der Waals surface area contributed by atoms with Gasteiger partial charge in [-0.05, 0) is 0 Å². The van der Waals surface area contributed by atoms with Crippen molar-refractivity contribution in [2.24, 2.45) is 0 Å². The first kappa shape index (κ1) is 29.2. The molecular formula is B2Be3O8. The fourth-order valence-corrected chi connectivity index (χ4v) is 0. The molecule has 8 nitrogen and oxygen atoms in total. The van der Waals surface area contributed by atoms with E-state index in [2.05, 4.69) is 9.61 Å². The van der Waals surface area contributed by atoms with Gasteiger partial charge in [0.1, 0.15) is 0 Å². The monoisotopic (exact) mass is 177 g/mol. The first-order chi connectivity index (χ1) is 4.54. The van der Waals surface area contributed by atoms with Crippen molar-refractivity contribution in [3.8, 4) is 0 Å². The van der Waals surface area contributed by atoms with E-state index in [0.29, 0.717) is 0 Å². The van der Waals surface area contributed by atoms with Crippen LogP contribution >= 0.6 is 0 Å². The Morgan fingerprint density at radius 2 is 0.692 bits per heavy atom. The van der Waals surface area contributed by atoms with Gasteiger partial charge in [0.2, 0.25) is 0 Å². The van der Waals surface area contributed by atoms with Gasteiger partial charge < -0.3 is 40.2 Å². The van der Waals surface area contributed by atoms with Crippen LogP contribution in [0.4, 0.5) is 0 Å². The second-order valence-corrected chi connectivity index (χ2v) is 0.770. The maximum atomic E-state index is 8.81. The topological polar surface area (TPSA) is 157 Å². The second kappa shape index (κ2) is 22.8. The van der Waals surface area contributed by atoms with Crippen LogP contribution in [0.3, 0.4) is 0 Å². The SMILES string of the molecule is [Be+2].[Be+2].[Be+2].[O-]OB([O-])[O-].[O-]OB([O-])[O-]. The largest absolute Gasteiger partial charge is 2.00 e. The van der Waals surface area contributed by atoms with Crippen LogP contribution in [-0.4, -0.2) is 45.0 Å². The van der Waals surface area contributed by atoms with E-state index in [9.17, 15) is 0 Å². The summed E-state index contributed by atoms with van der Waals surface area (Å²) in [4.78, 5) is 4.78. The Labute approximate surface area is 86.0 Å². The molecule has 0 aromatic carbocycles. The van der Waals surface area contributed by atoms with Crippen molar-refractivity contribution in [3.63, 3.8) is 0 Å². The molecule has 0 N–H and O–H groups in total. The predicted molar refractivity (Wildman–Crippen MR) is 30.9 cm³/mol. The van der Waals surface area contributed by atoms with Gasteiger partial charge in [-0.1, -0.05) is 0 Å². The third kappa shape index (κ3) is 70.4. The van der Waals surface area contributed by atoms with Crippen LogP contribution in [-0.2, 0) is 9.61 Å². The Hall–Kier alpha value is 0.316. The summed E-state index contributed by atoms with van der Waals surface area (Å²) in [5.74, 6) is 0. The van der Waals surface area contributed by atoms with Crippen molar-refractivity contribution in [1.82, 2.24) is 0 Å². The van der Waals surface area contributed by atoms with E-state index in [0.717, 1.165) is 0 Å². The van der Waals surface area contributed by atoms with Gasteiger partial charge in [0, 0.05) is 14.6 Å². The molecule has 0 unspecified atom stereocenters. The summed E-state index contributed by atoms with van der Waals surface area (Å²) < 4.78 is 0. The standard InChI is InChI=1S/2BHO4.3Be/c2*2-1(3)5-4;;;/h2*4H;;;/q2*-2;3*+2/p-2. The molecule has 0 radical (unpaired) electrons. The molecule has 0 aliphatic carbocycles. The van der Waals surface area contributed by atoms with Gasteiger partial charge in [0.05, 0.1) is 0 Å². The Bertz CT molecular complexity index is 53.4. The van der Waals surface area contributed by atoms with Crippen molar-refractivity contribution in [2.45, 2.75) is 0 Å². The van der Waals surface area contributed by atoms with Crippen molar-refractivity contribution < 1.29 is 40.2 Å². The van der Waals surface area contributed by atoms with Crippen LogP contribution < -0.4 is 30.6 Å². The van der Waals surface area contributed by atoms with Crippen molar-refractivity contribution >= 4 is 45.0 Å². The van der Waals surface area contributed by atoms with Gasteiger partial charge >= 0.3 is 30.4 Å². The molecule has 0 saturated carbocycles. The fourth-order valence-electron chi connectivity index (χ4n) is 0. The summed E-state index contributed by atoms with van der Waals surface area (Å²) in [5, 5.41) is 52.2. The van der Waals surface area contributed by atoms with E-state index >= 15 is 0 Å². The minimum absolute atomic E-state index is 0. The Balaban J connectivity index is -0.0000000267. The van der Waals surface area contributed by atoms with Gasteiger partial charge in [-0.2, -0.15) is 0 Å². The van der Waals surface area contributed by atoms with E-state index in [1.807, 2.05) is 0 Å². The zero-order valence-electron chi connectivity index (χ0n) is 6.54. The van der Waals surface area contributed by atoms with Gasteiger partial charge in [0.25, 0.3) is 0 Å². The molecule has 0 aliphatic rings. The Morgan fingerprint density at radius 3 is 0.692 bits per heavy atom. The van der Waals surface area contributed by atoms with Crippen molar-refractivity contribution in [2.75, 3.05) is 0 Å². The molecule has 0 aliphatic heterocycles. The summed E-state index contributed by atoms with van der Waals surface area (Å²) in [5.41, 5.74) is 0. The van der Waals surface area contributed by atoms with Gasteiger partial charge in [-0.3, -0.25) is 0 Å². The predicted octanol–water partition coefficient (Wildman–Crippen LogP) is -9.17. The smallest absolute Gasteiger partial charge is 0.871 e. The third-order valence-electron chi connectivity index (χ3n) is 0.157. The van der Waals surface area contributed by atoms with E-state index in [-0.39, 0.29) is 30.4 Å². The molecule has 0 rings (SSSR count). The molecule has 0 heterocycles. The van der Waals surface area contributed by atoms with Crippen molar-refractivity contribution in [3.05, 3.63) is 0 Å². The zero-order chi connectivity index (χ0) is 8.57. The van der Waals surface area contributed by atoms with E-state index < -0.39 is 14.6 Å². The van der Waals surface area contributed by atoms with Gasteiger partial charge in [0.15, 0.2) is 0 Å². The molecule has 0 bridgehead atoms. The number of hydrogen-bond donors (Lipinski definition) is 0. The first-order valence-corrected chi connectivity index (χ1v) is 1.75. The number of hydrogen-bond acceptors (Lipinski definition) is 8. The van der Waals surface area contributed by atoms with Crippen LogP contribution in [0.5, 0.6) is 0 Å². The average molecular weight is 177 g/mol. The van der Waals surface area contributed by atoms with Crippen LogP contribution in [0.25, 0.3) is 0 Å². The van der Waals surface area contributed by atoms with E-state index in [1.54, 1.807) is 0 Å². The summed E-state index contributed by atoms with van der Waals surface area (Å²) in [6.07, 6.45) is 0. The van der Waals surface area contributed by atoms with Crippen LogP contribution in [0.1, 0.15) is 0 Å². The molecule has 0 spiro atoms. The minimum atomic E-state index is -2.67. The van der Waals surface area contributed by atoms with Crippen LogP contribution in [0.2, 0.25) is 0 Å². The van der Waals surface area contributed by atoms with Crippen LogP contribution in [0.15, 0.2) is 0 Å². The summed E-state index contributed by atoms with van der Waals surface area (Å²) in [7, 11) is -5.34. The number of rotatable bonds is 2. The third-order valence-corrected chi connectivity index (χ3v) is 0.157. The second-order valence-electron chi connectivity index (χ2n) is 0.770. The average Bonchev–Trinajstić information content (AvgIpc) is 1.89. The fraction of sp³-hybridized carbons (Fsp3) is 0. The molecule has 13 heteroatoms. The molecule has 0 aromatic heterocycles. The quantitative estimate of drug-likeness (QED) is 0.228. The molecule has 60 valence electrons. The molecule has 13 heavy (non-hydrogen) atoms. The molecule has 0 aromatic rings. The van der Waals surface area contributed by atoms with Gasteiger partial charge in [-0.25, -0.2) is 0 Å². The van der Waals surface area contributed by atoms with Gasteiger partial charge in [-0.15, -0.1) is 0 Å². The maximum absolute atomic E-state index is 8.81. The summed E-state index contributed by atoms with van der Waals surface area (Å²) in [6, 6.07) is 0.